The molecule has 0 aliphatic rings. The van der Waals surface area contributed by atoms with Gasteiger partial charge in [-0.1, -0.05) is 13.3 Å². The van der Waals surface area contributed by atoms with Crippen LogP contribution in [0.1, 0.15) is 30.1 Å². The van der Waals surface area contributed by atoms with Gasteiger partial charge in [-0.2, -0.15) is 0 Å². The molecule has 0 spiro atoms. The summed E-state index contributed by atoms with van der Waals surface area (Å²) in [6, 6.07) is 9.43. The highest BCUT2D eigenvalue weighted by molar-refractivity contribution is 6.08. The van der Waals surface area contributed by atoms with E-state index in [0.29, 0.717) is 12.2 Å². The van der Waals surface area contributed by atoms with Crippen molar-refractivity contribution in [2.45, 2.75) is 19.8 Å². The van der Waals surface area contributed by atoms with Crippen LogP contribution in [0.25, 0.3) is 21.9 Å². The normalized spacial score (nSPS) is 11.1. The van der Waals surface area contributed by atoms with E-state index in [1.807, 2.05) is 24.3 Å². The van der Waals surface area contributed by atoms with Crippen molar-refractivity contribution in [3.05, 3.63) is 42.1 Å². The van der Waals surface area contributed by atoms with E-state index in [-0.39, 0.29) is 5.97 Å². The molecule has 2 aromatic heterocycles. The van der Waals surface area contributed by atoms with Crippen molar-refractivity contribution in [3.8, 4) is 0 Å². The van der Waals surface area contributed by atoms with E-state index in [9.17, 15) is 4.79 Å². The Balaban J connectivity index is 1.97. The predicted molar refractivity (Wildman–Crippen MR) is 78.8 cm³/mol. The van der Waals surface area contributed by atoms with E-state index in [1.165, 1.54) is 0 Å². The second kappa shape index (κ2) is 5.33. The van der Waals surface area contributed by atoms with Gasteiger partial charge >= 0.3 is 5.97 Å². The summed E-state index contributed by atoms with van der Waals surface area (Å²) in [5, 5.41) is 2.02. The number of carbonyl (C=O) groups excluding carboxylic acids is 1. The lowest BCUT2D eigenvalue weighted by atomic mass is 10.1. The van der Waals surface area contributed by atoms with E-state index in [2.05, 4.69) is 16.9 Å². The molecule has 0 unspecified atom stereocenters. The summed E-state index contributed by atoms with van der Waals surface area (Å²) in [6.07, 6.45) is 3.66. The number of H-pyrrole nitrogens is 1. The van der Waals surface area contributed by atoms with Crippen molar-refractivity contribution in [2.75, 3.05) is 6.61 Å². The standard InChI is InChI=1S/C16H16N2O2/c1-2-3-9-20-16(19)11-6-7-14-13(10-11)12-5-4-8-17-15(12)18-14/h4-8,10H,2-3,9H2,1H3,(H,17,18). The molecule has 0 fully saturated rings. The number of unbranched alkanes of at least 4 members (excludes halogenated alkanes) is 1. The molecule has 102 valence electrons. The smallest absolute Gasteiger partial charge is 0.338 e. The molecule has 4 nitrogen and oxygen atoms in total. The topological polar surface area (TPSA) is 55.0 Å². The highest BCUT2D eigenvalue weighted by atomic mass is 16.5. The molecule has 0 amide bonds. The monoisotopic (exact) mass is 268 g/mol. The minimum atomic E-state index is -0.265. The fourth-order valence-electron chi connectivity index (χ4n) is 2.25. The third-order valence-corrected chi connectivity index (χ3v) is 3.34. The molecule has 0 saturated carbocycles. The van der Waals surface area contributed by atoms with E-state index < -0.39 is 0 Å². The quantitative estimate of drug-likeness (QED) is 0.580. The highest BCUT2D eigenvalue weighted by Gasteiger charge is 2.10. The first kappa shape index (κ1) is 12.7. The maximum atomic E-state index is 12.0. The summed E-state index contributed by atoms with van der Waals surface area (Å²) in [4.78, 5) is 19.5. The molecule has 0 saturated heterocycles. The van der Waals surface area contributed by atoms with Gasteiger partial charge in [0.25, 0.3) is 0 Å². The number of rotatable bonds is 4. The summed E-state index contributed by atoms with van der Waals surface area (Å²) < 4.78 is 5.24. The second-order valence-corrected chi connectivity index (χ2v) is 4.77. The average molecular weight is 268 g/mol. The molecule has 3 rings (SSSR count). The molecule has 4 heteroatoms. The van der Waals surface area contributed by atoms with Crippen LogP contribution in [0.4, 0.5) is 0 Å². The molecule has 1 aromatic carbocycles. The molecular weight excluding hydrogens is 252 g/mol. The lowest BCUT2D eigenvalue weighted by Gasteiger charge is -2.03. The molecule has 0 bridgehead atoms. The van der Waals surface area contributed by atoms with Gasteiger partial charge in [0.05, 0.1) is 12.2 Å². The molecule has 20 heavy (non-hydrogen) atoms. The Bertz CT molecular complexity index is 761. The zero-order chi connectivity index (χ0) is 13.9. The number of nitrogens with one attached hydrogen (secondary N) is 1. The Labute approximate surface area is 116 Å². The van der Waals surface area contributed by atoms with Crippen LogP contribution in [-0.2, 0) is 4.74 Å². The number of esters is 1. The van der Waals surface area contributed by atoms with Crippen LogP contribution < -0.4 is 0 Å². The van der Waals surface area contributed by atoms with E-state index >= 15 is 0 Å². The van der Waals surface area contributed by atoms with Crippen molar-refractivity contribution < 1.29 is 9.53 Å². The summed E-state index contributed by atoms with van der Waals surface area (Å²) in [6.45, 7) is 2.54. The van der Waals surface area contributed by atoms with E-state index in [1.54, 1.807) is 12.3 Å². The van der Waals surface area contributed by atoms with Crippen LogP contribution in [0.2, 0.25) is 0 Å². The molecule has 0 aliphatic heterocycles. The Morgan fingerprint density at radius 3 is 3.05 bits per heavy atom. The Morgan fingerprint density at radius 1 is 1.30 bits per heavy atom. The highest BCUT2D eigenvalue weighted by Crippen LogP contribution is 2.24. The number of hydrogen-bond donors (Lipinski definition) is 1. The molecule has 1 N–H and O–H groups in total. The zero-order valence-corrected chi connectivity index (χ0v) is 11.3. The van der Waals surface area contributed by atoms with Crippen molar-refractivity contribution in [1.82, 2.24) is 9.97 Å². The second-order valence-electron chi connectivity index (χ2n) is 4.77. The SMILES string of the molecule is CCCCOC(=O)c1ccc2[nH]c3ncccc3c2c1. The average Bonchev–Trinajstić information content (AvgIpc) is 2.85. The van der Waals surface area contributed by atoms with Gasteiger partial charge in [-0.25, -0.2) is 9.78 Å². The number of aromatic nitrogens is 2. The maximum absolute atomic E-state index is 12.0. The van der Waals surface area contributed by atoms with Gasteiger partial charge < -0.3 is 9.72 Å². The minimum absolute atomic E-state index is 0.265. The Morgan fingerprint density at radius 2 is 2.20 bits per heavy atom. The van der Waals surface area contributed by atoms with Crippen molar-refractivity contribution in [1.29, 1.82) is 0 Å². The van der Waals surface area contributed by atoms with Gasteiger partial charge in [-0.3, -0.25) is 0 Å². The Hall–Kier alpha value is -2.36. The first-order chi connectivity index (χ1) is 9.79. The lowest BCUT2D eigenvalue weighted by molar-refractivity contribution is 0.0500. The third-order valence-electron chi connectivity index (χ3n) is 3.34. The van der Waals surface area contributed by atoms with Gasteiger partial charge in [-0.15, -0.1) is 0 Å². The van der Waals surface area contributed by atoms with Gasteiger partial charge in [0.2, 0.25) is 0 Å². The van der Waals surface area contributed by atoms with Crippen molar-refractivity contribution in [2.24, 2.45) is 0 Å². The largest absolute Gasteiger partial charge is 0.462 e. The third kappa shape index (κ3) is 2.25. The summed E-state index contributed by atoms with van der Waals surface area (Å²) in [5.74, 6) is -0.265. The molecule has 2 heterocycles. The molecular formula is C16H16N2O2. The first-order valence-corrected chi connectivity index (χ1v) is 6.83. The number of benzene rings is 1. The summed E-state index contributed by atoms with van der Waals surface area (Å²) in [5.41, 5.74) is 2.39. The van der Waals surface area contributed by atoms with Crippen LogP contribution in [0, 0.1) is 0 Å². The van der Waals surface area contributed by atoms with Gasteiger partial charge in [0.1, 0.15) is 5.65 Å². The van der Waals surface area contributed by atoms with Crippen LogP contribution in [-0.4, -0.2) is 22.5 Å². The maximum Gasteiger partial charge on any atom is 0.338 e. The number of ether oxygens (including phenoxy) is 1. The number of aromatic amines is 1. The van der Waals surface area contributed by atoms with Gasteiger partial charge in [0.15, 0.2) is 0 Å². The van der Waals surface area contributed by atoms with Gasteiger partial charge in [-0.05, 0) is 36.8 Å². The number of fused-ring (bicyclic) bond motifs is 3. The van der Waals surface area contributed by atoms with E-state index in [4.69, 9.17) is 4.74 Å². The Kier molecular flexibility index (Phi) is 3.37. The van der Waals surface area contributed by atoms with Crippen LogP contribution in [0.3, 0.4) is 0 Å². The molecule has 0 aliphatic carbocycles. The van der Waals surface area contributed by atoms with Crippen LogP contribution >= 0.6 is 0 Å². The van der Waals surface area contributed by atoms with Crippen LogP contribution in [0.15, 0.2) is 36.5 Å². The predicted octanol–water partition coefficient (Wildman–Crippen LogP) is 3.67. The van der Waals surface area contributed by atoms with E-state index in [0.717, 1.165) is 34.8 Å². The molecule has 0 radical (unpaired) electrons. The number of nitrogens with zero attached hydrogens (tertiary/aromatic N) is 1. The van der Waals surface area contributed by atoms with Crippen molar-refractivity contribution >= 4 is 27.9 Å². The lowest BCUT2D eigenvalue weighted by Crippen LogP contribution is -2.05. The fraction of sp³-hybridized carbons (Fsp3) is 0.250. The number of hydrogen-bond acceptors (Lipinski definition) is 3. The summed E-state index contributed by atoms with van der Waals surface area (Å²) in [7, 11) is 0. The molecule has 0 atom stereocenters. The fourth-order valence-corrected chi connectivity index (χ4v) is 2.25. The first-order valence-electron chi connectivity index (χ1n) is 6.83. The number of carbonyl (C=O) groups is 1. The summed E-state index contributed by atoms with van der Waals surface area (Å²) >= 11 is 0. The van der Waals surface area contributed by atoms with Crippen molar-refractivity contribution in [3.63, 3.8) is 0 Å². The van der Waals surface area contributed by atoms with Crippen LogP contribution in [0.5, 0.6) is 0 Å². The minimum Gasteiger partial charge on any atom is -0.462 e. The number of pyridine rings is 1. The molecule has 3 aromatic rings. The zero-order valence-electron chi connectivity index (χ0n) is 11.3. The van der Waals surface area contributed by atoms with Gasteiger partial charge in [0, 0.05) is 22.5 Å².